The van der Waals surface area contributed by atoms with Crippen LogP contribution in [0.15, 0.2) is 42.5 Å². The summed E-state index contributed by atoms with van der Waals surface area (Å²) in [5.74, 6) is -1.29. The van der Waals surface area contributed by atoms with Gasteiger partial charge in [0.15, 0.2) is 0 Å². The van der Waals surface area contributed by atoms with Crippen molar-refractivity contribution >= 4 is 34.6 Å². The van der Waals surface area contributed by atoms with Gasteiger partial charge in [-0.05, 0) is 30.2 Å². The second-order valence-electron chi connectivity index (χ2n) is 6.38. The van der Waals surface area contributed by atoms with Crippen LogP contribution in [0, 0.1) is 0 Å². The molecule has 6 amide bonds. The number of imide groups is 2. The molecule has 27 heavy (non-hydrogen) atoms. The number of amides is 6. The first-order chi connectivity index (χ1) is 12.9. The highest BCUT2D eigenvalue weighted by molar-refractivity contribution is 6.11. The van der Waals surface area contributed by atoms with Crippen molar-refractivity contribution in [2.24, 2.45) is 0 Å². The predicted octanol–water partition coefficient (Wildman–Crippen LogP) is 1.45. The molecule has 0 aromatic heterocycles. The van der Waals surface area contributed by atoms with Crippen LogP contribution < -0.4 is 16.0 Å². The molecule has 1 fully saturated rings. The molecular formula is C19H20N4O4. The zero-order valence-electron chi connectivity index (χ0n) is 15.0. The van der Waals surface area contributed by atoms with Crippen molar-refractivity contribution in [2.75, 3.05) is 13.1 Å². The number of hydrogen-bond acceptors (Lipinski definition) is 4. The van der Waals surface area contributed by atoms with Gasteiger partial charge in [0.2, 0.25) is 5.91 Å². The van der Waals surface area contributed by atoms with Crippen LogP contribution in [0.2, 0.25) is 0 Å². The highest BCUT2D eigenvalue weighted by atomic mass is 16.2. The van der Waals surface area contributed by atoms with Gasteiger partial charge in [-0.2, -0.15) is 0 Å². The summed E-state index contributed by atoms with van der Waals surface area (Å²) in [6, 6.07) is 11.7. The van der Waals surface area contributed by atoms with E-state index < -0.39 is 36.0 Å². The number of carbonyl (C=O) groups is 4. The Morgan fingerprint density at radius 3 is 2.56 bits per heavy atom. The normalized spacial score (nSPS) is 19.1. The van der Waals surface area contributed by atoms with Gasteiger partial charge in [0, 0.05) is 6.54 Å². The number of carbonyl (C=O) groups excluding carboxylic acids is 4. The van der Waals surface area contributed by atoms with Crippen LogP contribution >= 0.6 is 0 Å². The maximum Gasteiger partial charge on any atom is 0.325 e. The summed E-state index contributed by atoms with van der Waals surface area (Å²) in [4.78, 5) is 49.6. The van der Waals surface area contributed by atoms with Crippen molar-refractivity contribution in [3.8, 4) is 0 Å². The fourth-order valence-electron chi connectivity index (χ4n) is 3.20. The third kappa shape index (κ3) is 3.33. The second-order valence-corrected chi connectivity index (χ2v) is 6.38. The summed E-state index contributed by atoms with van der Waals surface area (Å²) in [6.45, 7) is 3.12. The lowest BCUT2D eigenvalue weighted by Crippen LogP contribution is -2.46. The molecule has 1 atom stereocenters. The minimum absolute atomic E-state index is 0.349. The molecule has 0 saturated carbocycles. The van der Waals surface area contributed by atoms with E-state index in [0.717, 1.165) is 15.7 Å². The van der Waals surface area contributed by atoms with Gasteiger partial charge in [-0.3, -0.25) is 19.8 Å². The summed E-state index contributed by atoms with van der Waals surface area (Å²) >= 11 is 0. The minimum Gasteiger partial charge on any atom is -0.338 e. The zero-order chi connectivity index (χ0) is 19.6. The Morgan fingerprint density at radius 2 is 1.81 bits per heavy atom. The van der Waals surface area contributed by atoms with Gasteiger partial charge in [0.05, 0.1) is 0 Å². The van der Waals surface area contributed by atoms with E-state index in [0.29, 0.717) is 12.1 Å². The highest BCUT2D eigenvalue weighted by Crippen LogP contribution is 2.33. The van der Waals surface area contributed by atoms with Crippen molar-refractivity contribution < 1.29 is 19.2 Å². The van der Waals surface area contributed by atoms with Gasteiger partial charge in [-0.1, -0.05) is 42.5 Å². The third-order valence-corrected chi connectivity index (χ3v) is 4.50. The third-order valence-electron chi connectivity index (χ3n) is 4.50. The van der Waals surface area contributed by atoms with Gasteiger partial charge in [0.1, 0.15) is 12.1 Å². The predicted molar refractivity (Wildman–Crippen MR) is 98.8 cm³/mol. The lowest BCUT2D eigenvalue weighted by Gasteiger charge is -2.24. The molecular weight excluding hydrogens is 348 g/mol. The van der Waals surface area contributed by atoms with E-state index in [-0.39, 0.29) is 0 Å². The summed E-state index contributed by atoms with van der Waals surface area (Å²) in [6.07, 6.45) is 0. The van der Waals surface area contributed by atoms with Crippen LogP contribution in [0.3, 0.4) is 0 Å². The molecule has 3 rings (SSSR count). The van der Waals surface area contributed by atoms with E-state index in [1.807, 2.05) is 36.4 Å². The average Bonchev–Trinajstić information content (AvgIpc) is 2.85. The maximum absolute atomic E-state index is 13.0. The Labute approximate surface area is 155 Å². The van der Waals surface area contributed by atoms with E-state index in [2.05, 4.69) is 16.0 Å². The molecule has 140 valence electrons. The number of nitrogens with zero attached hydrogens (tertiary/aromatic N) is 1. The van der Waals surface area contributed by atoms with E-state index >= 15 is 0 Å². The average molecular weight is 368 g/mol. The van der Waals surface area contributed by atoms with Crippen LogP contribution in [0.4, 0.5) is 9.59 Å². The molecule has 0 unspecified atom stereocenters. The Bertz CT molecular complexity index is 937. The Kier molecular flexibility index (Phi) is 4.81. The van der Waals surface area contributed by atoms with Crippen LogP contribution in [0.25, 0.3) is 10.8 Å². The molecule has 8 heteroatoms. The lowest BCUT2D eigenvalue weighted by molar-refractivity contribution is -0.134. The molecule has 0 radical (unpaired) electrons. The van der Waals surface area contributed by atoms with Crippen LogP contribution in [0.1, 0.15) is 19.4 Å². The number of fused-ring (bicyclic) bond motifs is 1. The van der Waals surface area contributed by atoms with Crippen LogP contribution in [0.5, 0.6) is 0 Å². The fraction of sp³-hybridized carbons (Fsp3) is 0.263. The van der Waals surface area contributed by atoms with Crippen molar-refractivity contribution in [1.29, 1.82) is 0 Å². The monoisotopic (exact) mass is 368 g/mol. The summed E-state index contributed by atoms with van der Waals surface area (Å²) in [7, 11) is 0. The quantitative estimate of drug-likeness (QED) is 0.710. The van der Waals surface area contributed by atoms with Crippen molar-refractivity contribution in [3.05, 3.63) is 48.0 Å². The number of benzene rings is 2. The summed E-state index contributed by atoms with van der Waals surface area (Å²) in [5, 5.41) is 8.95. The van der Waals surface area contributed by atoms with Crippen LogP contribution in [-0.4, -0.2) is 41.9 Å². The molecule has 0 aliphatic carbocycles. The Morgan fingerprint density at radius 1 is 1.11 bits per heavy atom. The molecule has 2 aromatic rings. The van der Waals surface area contributed by atoms with Gasteiger partial charge in [0.25, 0.3) is 5.91 Å². The van der Waals surface area contributed by atoms with E-state index in [9.17, 15) is 19.2 Å². The van der Waals surface area contributed by atoms with Gasteiger partial charge in [-0.25, -0.2) is 9.59 Å². The van der Waals surface area contributed by atoms with E-state index in [1.165, 1.54) is 0 Å². The Hall–Kier alpha value is -3.42. The number of nitrogens with one attached hydrogen (secondary N) is 3. The molecule has 8 nitrogen and oxygen atoms in total. The smallest absolute Gasteiger partial charge is 0.325 e. The van der Waals surface area contributed by atoms with Crippen molar-refractivity contribution in [2.45, 2.75) is 19.4 Å². The molecule has 3 N–H and O–H groups in total. The molecule has 0 bridgehead atoms. The molecule has 1 saturated heterocycles. The molecule has 0 spiro atoms. The van der Waals surface area contributed by atoms with Gasteiger partial charge in [-0.15, -0.1) is 0 Å². The molecule has 1 aliphatic rings. The van der Waals surface area contributed by atoms with E-state index in [1.54, 1.807) is 19.9 Å². The van der Waals surface area contributed by atoms with Crippen LogP contribution in [-0.2, 0) is 15.1 Å². The first-order valence-corrected chi connectivity index (χ1v) is 8.57. The number of rotatable bonds is 4. The summed E-state index contributed by atoms with van der Waals surface area (Å²) < 4.78 is 0. The second kappa shape index (κ2) is 7.06. The molecule has 1 heterocycles. The Balaban J connectivity index is 1.86. The topological polar surface area (TPSA) is 108 Å². The molecule has 1 aliphatic heterocycles. The lowest BCUT2D eigenvalue weighted by atomic mass is 9.88. The van der Waals surface area contributed by atoms with Gasteiger partial charge < -0.3 is 10.6 Å². The summed E-state index contributed by atoms with van der Waals surface area (Å²) in [5.41, 5.74) is -0.658. The van der Waals surface area contributed by atoms with Crippen molar-refractivity contribution in [3.63, 3.8) is 0 Å². The zero-order valence-corrected chi connectivity index (χ0v) is 15.0. The van der Waals surface area contributed by atoms with Gasteiger partial charge >= 0.3 is 12.1 Å². The SMILES string of the molecule is CCNC(=O)NC(=O)CN1C(=O)N[C@@](C)(c2cccc3ccccc23)C1=O. The van der Waals surface area contributed by atoms with E-state index in [4.69, 9.17) is 0 Å². The number of urea groups is 2. The van der Waals surface area contributed by atoms with Crippen molar-refractivity contribution in [1.82, 2.24) is 20.9 Å². The first-order valence-electron chi connectivity index (χ1n) is 8.57. The fourth-order valence-corrected chi connectivity index (χ4v) is 3.20. The largest absolute Gasteiger partial charge is 0.338 e. The maximum atomic E-state index is 13.0. The minimum atomic E-state index is -1.30. The molecule has 2 aromatic carbocycles. The highest BCUT2D eigenvalue weighted by Gasteiger charge is 2.50. The first kappa shape index (κ1) is 18.4. The standard InChI is InChI=1S/C19H20N4O4/c1-3-20-17(26)21-15(24)11-23-16(25)19(2,22-18(23)27)14-10-6-8-12-7-4-5-9-13(12)14/h4-10H,3,11H2,1-2H3,(H,22,27)(H2,20,21,24,26)/t19-/m0/s1. The number of hydrogen-bond donors (Lipinski definition) is 3.